The van der Waals surface area contributed by atoms with Crippen LogP contribution >= 0.6 is 34.5 Å². The van der Waals surface area contributed by atoms with Crippen molar-refractivity contribution in [2.75, 3.05) is 0 Å². The lowest BCUT2D eigenvalue weighted by atomic mass is 10.0. The smallest absolute Gasteiger partial charge is 0.134 e. The molecule has 1 aromatic carbocycles. The van der Waals surface area contributed by atoms with Gasteiger partial charge >= 0.3 is 0 Å². The van der Waals surface area contributed by atoms with Crippen LogP contribution in [0.4, 0.5) is 13.2 Å². The Hall–Kier alpha value is -0.750. The minimum absolute atomic E-state index is 0.246. The van der Waals surface area contributed by atoms with E-state index in [1.165, 1.54) is 6.07 Å². The van der Waals surface area contributed by atoms with Crippen molar-refractivity contribution in [1.29, 1.82) is 0 Å². The first kappa shape index (κ1) is 13.7. The second-order valence-corrected chi connectivity index (χ2v) is 5.83. The molecule has 0 radical (unpaired) electrons. The maximum atomic E-state index is 13.6. The Morgan fingerprint density at radius 3 is 2.06 bits per heavy atom. The molecule has 0 fully saturated rings. The van der Waals surface area contributed by atoms with Crippen molar-refractivity contribution in [1.82, 2.24) is 0 Å². The number of nitrogens with two attached hydrogens (primary N) is 1. The molecule has 18 heavy (non-hydrogen) atoms. The van der Waals surface area contributed by atoms with Crippen LogP contribution in [0, 0.1) is 17.5 Å². The minimum Gasteiger partial charge on any atom is -0.320 e. The van der Waals surface area contributed by atoms with Crippen LogP contribution in [0.3, 0.4) is 0 Å². The maximum absolute atomic E-state index is 13.6. The SMILES string of the molecule is NC(c1cc(Cl)sc1Cl)c1c(F)cc(F)cc1F. The summed E-state index contributed by atoms with van der Waals surface area (Å²) in [4.78, 5) is 0. The lowest BCUT2D eigenvalue weighted by molar-refractivity contribution is 0.515. The van der Waals surface area contributed by atoms with Crippen molar-refractivity contribution in [3.8, 4) is 0 Å². The van der Waals surface area contributed by atoms with Crippen molar-refractivity contribution in [2.45, 2.75) is 6.04 Å². The third kappa shape index (κ3) is 2.49. The molecule has 0 amide bonds. The Labute approximate surface area is 115 Å². The molecule has 0 bridgehead atoms. The van der Waals surface area contributed by atoms with Gasteiger partial charge < -0.3 is 5.73 Å². The predicted octanol–water partition coefficient (Wildman–Crippen LogP) is 4.52. The molecule has 2 N–H and O–H groups in total. The summed E-state index contributed by atoms with van der Waals surface area (Å²) in [5.41, 5.74) is 5.61. The molecule has 1 atom stereocenters. The van der Waals surface area contributed by atoms with E-state index in [-0.39, 0.29) is 4.34 Å². The summed E-state index contributed by atoms with van der Waals surface area (Å²) in [6.45, 7) is 0. The molecule has 0 aliphatic heterocycles. The largest absolute Gasteiger partial charge is 0.320 e. The summed E-state index contributed by atoms with van der Waals surface area (Å²) < 4.78 is 40.5. The van der Waals surface area contributed by atoms with Gasteiger partial charge in [-0.3, -0.25) is 0 Å². The summed E-state index contributed by atoms with van der Waals surface area (Å²) in [6, 6.07) is 1.43. The van der Waals surface area contributed by atoms with Gasteiger partial charge in [0.05, 0.1) is 14.7 Å². The lowest BCUT2D eigenvalue weighted by Crippen LogP contribution is -2.15. The summed E-state index contributed by atoms with van der Waals surface area (Å²) in [5, 5.41) is 0. The van der Waals surface area contributed by atoms with Gasteiger partial charge in [0.2, 0.25) is 0 Å². The second kappa shape index (κ2) is 5.09. The number of benzene rings is 1. The first-order chi connectivity index (χ1) is 8.40. The summed E-state index contributed by atoms with van der Waals surface area (Å²) in [7, 11) is 0. The van der Waals surface area contributed by atoms with Crippen LogP contribution in [0.25, 0.3) is 0 Å². The summed E-state index contributed by atoms with van der Waals surface area (Å²) >= 11 is 12.6. The van der Waals surface area contributed by atoms with Gasteiger partial charge in [-0.1, -0.05) is 23.2 Å². The zero-order valence-corrected chi connectivity index (χ0v) is 11.0. The Morgan fingerprint density at radius 1 is 1.06 bits per heavy atom. The quantitative estimate of drug-likeness (QED) is 0.867. The van der Waals surface area contributed by atoms with Crippen LogP contribution < -0.4 is 5.73 Å². The molecule has 7 heteroatoms. The molecule has 0 saturated heterocycles. The molecule has 96 valence electrons. The van der Waals surface area contributed by atoms with Crippen molar-refractivity contribution in [3.63, 3.8) is 0 Å². The molecule has 1 aromatic heterocycles. The minimum atomic E-state index is -1.14. The monoisotopic (exact) mass is 311 g/mol. The molecule has 1 unspecified atom stereocenters. The molecular formula is C11H6Cl2F3NS. The van der Waals surface area contributed by atoms with Gasteiger partial charge in [-0.05, 0) is 6.07 Å². The molecule has 1 nitrogen and oxygen atoms in total. The van der Waals surface area contributed by atoms with E-state index in [0.29, 0.717) is 22.0 Å². The van der Waals surface area contributed by atoms with E-state index >= 15 is 0 Å². The third-order valence-electron chi connectivity index (χ3n) is 2.37. The molecule has 2 rings (SSSR count). The van der Waals surface area contributed by atoms with E-state index < -0.39 is 29.1 Å². The standard InChI is InChI=1S/C11H6Cl2F3NS/c12-8-3-5(11(13)18-8)10(17)9-6(15)1-4(14)2-7(9)16/h1-3,10H,17H2. The van der Waals surface area contributed by atoms with Gasteiger partial charge in [0.15, 0.2) is 0 Å². The number of thiophene rings is 1. The van der Waals surface area contributed by atoms with Crippen LogP contribution in [0.2, 0.25) is 8.67 Å². The molecule has 0 spiro atoms. The molecule has 0 aliphatic rings. The summed E-state index contributed by atoms with van der Waals surface area (Å²) in [5.74, 6) is -3.12. The fourth-order valence-electron chi connectivity index (χ4n) is 1.57. The number of hydrogen-bond donors (Lipinski definition) is 1. The van der Waals surface area contributed by atoms with E-state index in [1.54, 1.807) is 0 Å². The summed E-state index contributed by atoms with van der Waals surface area (Å²) in [6.07, 6.45) is 0. The highest BCUT2D eigenvalue weighted by Crippen LogP contribution is 2.37. The van der Waals surface area contributed by atoms with Crippen molar-refractivity contribution in [3.05, 3.63) is 55.5 Å². The Kier molecular flexibility index (Phi) is 3.87. The molecule has 2 aromatic rings. The van der Waals surface area contributed by atoms with E-state index in [0.717, 1.165) is 11.3 Å². The molecular weight excluding hydrogens is 306 g/mol. The highest BCUT2D eigenvalue weighted by molar-refractivity contribution is 7.20. The fourth-order valence-corrected chi connectivity index (χ4v) is 3.12. The van der Waals surface area contributed by atoms with Crippen molar-refractivity contribution in [2.24, 2.45) is 5.73 Å². The lowest BCUT2D eigenvalue weighted by Gasteiger charge is -2.13. The second-order valence-electron chi connectivity index (χ2n) is 3.54. The van der Waals surface area contributed by atoms with E-state index in [9.17, 15) is 13.2 Å². The van der Waals surface area contributed by atoms with Gasteiger partial charge in [0, 0.05) is 23.3 Å². The topological polar surface area (TPSA) is 26.0 Å². The first-order valence-corrected chi connectivity index (χ1v) is 6.32. The van der Waals surface area contributed by atoms with Gasteiger partial charge in [0.25, 0.3) is 0 Å². The number of rotatable bonds is 2. The zero-order valence-electron chi connectivity index (χ0n) is 8.68. The van der Waals surface area contributed by atoms with E-state index in [2.05, 4.69) is 0 Å². The average Bonchev–Trinajstić information content (AvgIpc) is 2.56. The van der Waals surface area contributed by atoms with Crippen LogP contribution in [-0.4, -0.2) is 0 Å². The van der Waals surface area contributed by atoms with Crippen LogP contribution in [0.1, 0.15) is 17.2 Å². The number of halogens is 5. The Bertz CT molecular complexity index is 577. The van der Waals surface area contributed by atoms with Gasteiger partial charge in [-0.15, -0.1) is 11.3 Å². The van der Waals surface area contributed by atoms with Gasteiger partial charge in [-0.2, -0.15) is 0 Å². The number of hydrogen-bond acceptors (Lipinski definition) is 2. The average molecular weight is 312 g/mol. The van der Waals surface area contributed by atoms with Crippen LogP contribution in [0.15, 0.2) is 18.2 Å². The van der Waals surface area contributed by atoms with Gasteiger partial charge in [-0.25, -0.2) is 13.2 Å². The Morgan fingerprint density at radius 2 is 1.61 bits per heavy atom. The van der Waals surface area contributed by atoms with Gasteiger partial charge in [0.1, 0.15) is 17.5 Å². The molecule has 0 saturated carbocycles. The first-order valence-electron chi connectivity index (χ1n) is 4.75. The van der Waals surface area contributed by atoms with E-state index in [1.807, 2.05) is 0 Å². The third-order valence-corrected chi connectivity index (χ3v) is 3.89. The highest BCUT2D eigenvalue weighted by atomic mass is 35.5. The van der Waals surface area contributed by atoms with Crippen molar-refractivity contribution < 1.29 is 13.2 Å². The normalized spacial score (nSPS) is 12.8. The van der Waals surface area contributed by atoms with Crippen LogP contribution in [-0.2, 0) is 0 Å². The molecule has 0 aliphatic carbocycles. The molecule has 1 heterocycles. The van der Waals surface area contributed by atoms with E-state index in [4.69, 9.17) is 28.9 Å². The predicted molar refractivity (Wildman–Crippen MR) is 66.7 cm³/mol. The fraction of sp³-hybridized carbons (Fsp3) is 0.0909. The highest BCUT2D eigenvalue weighted by Gasteiger charge is 2.23. The Balaban J connectivity index is 2.52. The zero-order chi connectivity index (χ0) is 13.4. The van der Waals surface area contributed by atoms with Crippen molar-refractivity contribution >= 4 is 34.5 Å². The van der Waals surface area contributed by atoms with Crippen LogP contribution in [0.5, 0.6) is 0 Å². The maximum Gasteiger partial charge on any atom is 0.134 e.